The van der Waals surface area contributed by atoms with Gasteiger partial charge in [-0.25, -0.2) is 18.0 Å². The van der Waals surface area contributed by atoms with Crippen LogP contribution in [0.1, 0.15) is 31.2 Å². The third-order valence-corrected chi connectivity index (χ3v) is 4.03. The average Bonchev–Trinajstić information content (AvgIpc) is 2.97. The maximum Gasteiger partial charge on any atom is 0.407 e. The molecule has 0 aromatic heterocycles. The van der Waals surface area contributed by atoms with Crippen molar-refractivity contribution in [3.8, 4) is 0 Å². The summed E-state index contributed by atoms with van der Waals surface area (Å²) in [6, 6.07) is 0.114. The number of Topliss-reactive ketones (excluding diaryl/α,β-unsaturated/α-hetero) is 1. The summed E-state index contributed by atoms with van der Waals surface area (Å²) in [5.41, 5.74) is -0.599. The molecule has 1 heterocycles. The van der Waals surface area contributed by atoms with Crippen molar-refractivity contribution in [2.45, 2.75) is 31.7 Å². The monoisotopic (exact) mass is 359 g/mol. The van der Waals surface area contributed by atoms with Gasteiger partial charge in [0.05, 0.1) is 12.6 Å². The number of likely N-dealkylation sites (tertiary alicyclic amines) is 1. The molecular weight excluding hydrogens is 343 g/mol. The Morgan fingerprint density at radius 3 is 2.48 bits per heavy atom. The zero-order valence-corrected chi connectivity index (χ0v) is 13.3. The molecule has 2 unspecified atom stereocenters. The number of carbonyl (C=O) groups is 3. The minimum absolute atomic E-state index is 0.0573. The summed E-state index contributed by atoms with van der Waals surface area (Å²) in [6.45, 7) is 1.22. The lowest BCUT2D eigenvalue weighted by molar-refractivity contribution is -0.146. The second-order valence-electron chi connectivity index (χ2n) is 5.59. The molecule has 1 N–H and O–H groups in total. The van der Waals surface area contributed by atoms with Crippen LogP contribution in [0.25, 0.3) is 0 Å². The van der Waals surface area contributed by atoms with E-state index in [4.69, 9.17) is 0 Å². The summed E-state index contributed by atoms with van der Waals surface area (Å²) < 4.78 is 45.9. The molecular formula is C16H16F3NO5. The van der Waals surface area contributed by atoms with Gasteiger partial charge in [-0.3, -0.25) is 14.5 Å². The molecule has 0 spiro atoms. The first-order valence-electron chi connectivity index (χ1n) is 7.57. The summed E-state index contributed by atoms with van der Waals surface area (Å²) in [6.07, 6.45) is -2.37. The lowest BCUT2D eigenvalue weighted by atomic mass is 9.93. The van der Waals surface area contributed by atoms with Crippen LogP contribution < -0.4 is 0 Å². The molecule has 6 nitrogen and oxygen atoms in total. The van der Waals surface area contributed by atoms with Crippen molar-refractivity contribution in [3.05, 3.63) is 35.1 Å². The number of ketones is 1. The predicted octanol–water partition coefficient (Wildman–Crippen LogP) is 2.46. The highest BCUT2D eigenvalue weighted by Gasteiger charge is 2.42. The van der Waals surface area contributed by atoms with Gasteiger partial charge in [0.1, 0.15) is 12.2 Å². The van der Waals surface area contributed by atoms with Crippen molar-refractivity contribution in [2.24, 2.45) is 0 Å². The normalized spacial score (nSPS) is 19.8. The molecule has 1 saturated heterocycles. The van der Waals surface area contributed by atoms with Crippen LogP contribution in [0, 0.1) is 17.5 Å². The van der Waals surface area contributed by atoms with E-state index >= 15 is 0 Å². The van der Waals surface area contributed by atoms with Crippen LogP contribution >= 0.6 is 0 Å². The molecule has 1 fully saturated rings. The Balaban J connectivity index is 2.26. The molecule has 1 aromatic carbocycles. The van der Waals surface area contributed by atoms with Gasteiger partial charge in [0.25, 0.3) is 0 Å². The van der Waals surface area contributed by atoms with Gasteiger partial charge in [-0.2, -0.15) is 0 Å². The number of benzene rings is 1. The highest BCUT2D eigenvalue weighted by atomic mass is 19.2. The summed E-state index contributed by atoms with van der Waals surface area (Å²) in [5, 5.41) is 9.22. The molecule has 2 atom stereocenters. The van der Waals surface area contributed by atoms with E-state index in [9.17, 15) is 32.7 Å². The molecule has 1 amide bonds. The SMILES string of the molecule is CCOC(=O)CC(=O)C1CC(c2c(F)ccc(F)c2F)CN1C(=O)O. The standard InChI is InChI=1S/C16H16F3NO5/c1-2-25-13(22)6-12(21)11-5-8(7-20(11)16(23)24)14-9(17)3-4-10(18)15(14)19/h3-4,8,11H,2,5-7H2,1H3,(H,23,24). The highest BCUT2D eigenvalue weighted by Crippen LogP contribution is 2.36. The third kappa shape index (κ3) is 3.92. The number of carboxylic acid groups (broad SMARTS) is 1. The van der Waals surface area contributed by atoms with Crippen LogP contribution in [-0.4, -0.2) is 47.0 Å². The fraction of sp³-hybridized carbons (Fsp3) is 0.438. The zero-order chi connectivity index (χ0) is 18.7. The number of hydrogen-bond donors (Lipinski definition) is 1. The highest BCUT2D eigenvalue weighted by molar-refractivity contribution is 5.99. The topological polar surface area (TPSA) is 83.9 Å². The second-order valence-corrected chi connectivity index (χ2v) is 5.59. The van der Waals surface area contributed by atoms with Gasteiger partial charge in [-0.15, -0.1) is 0 Å². The average molecular weight is 359 g/mol. The number of carbonyl (C=O) groups excluding carboxylic acids is 2. The van der Waals surface area contributed by atoms with Gasteiger partial charge < -0.3 is 9.84 Å². The fourth-order valence-corrected chi connectivity index (χ4v) is 2.95. The van der Waals surface area contributed by atoms with Crippen LogP contribution in [0.5, 0.6) is 0 Å². The first kappa shape index (κ1) is 18.8. The third-order valence-electron chi connectivity index (χ3n) is 4.03. The van der Waals surface area contributed by atoms with E-state index in [1.165, 1.54) is 0 Å². The molecule has 1 aromatic rings. The van der Waals surface area contributed by atoms with Crippen molar-refractivity contribution in [1.29, 1.82) is 0 Å². The molecule has 136 valence electrons. The smallest absolute Gasteiger partial charge is 0.407 e. The first-order chi connectivity index (χ1) is 11.8. The number of esters is 1. The van der Waals surface area contributed by atoms with Gasteiger partial charge in [0, 0.05) is 18.0 Å². The zero-order valence-electron chi connectivity index (χ0n) is 13.3. The summed E-state index contributed by atoms with van der Waals surface area (Å²) >= 11 is 0. The van der Waals surface area contributed by atoms with Crippen LogP contribution in [0.4, 0.5) is 18.0 Å². The van der Waals surface area contributed by atoms with Crippen LogP contribution in [0.15, 0.2) is 12.1 Å². The maximum absolute atomic E-state index is 13.9. The molecule has 0 saturated carbocycles. The van der Waals surface area contributed by atoms with E-state index in [0.717, 1.165) is 6.07 Å². The Morgan fingerprint density at radius 1 is 1.24 bits per heavy atom. The molecule has 0 radical (unpaired) electrons. The minimum Gasteiger partial charge on any atom is -0.466 e. The Hall–Kier alpha value is -2.58. The maximum atomic E-state index is 13.9. The van der Waals surface area contributed by atoms with Crippen molar-refractivity contribution < 1.29 is 37.4 Å². The van der Waals surface area contributed by atoms with E-state index in [0.29, 0.717) is 11.0 Å². The Labute approximate surface area is 141 Å². The Morgan fingerprint density at radius 2 is 1.88 bits per heavy atom. The van der Waals surface area contributed by atoms with Gasteiger partial charge in [0.15, 0.2) is 17.4 Å². The van der Waals surface area contributed by atoms with E-state index in [1.54, 1.807) is 6.92 Å². The van der Waals surface area contributed by atoms with Gasteiger partial charge >= 0.3 is 12.1 Å². The Bertz CT molecular complexity index is 709. The molecule has 9 heteroatoms. The van der Waals surface area contributed by atoms with Crippen molar-refractivity contribution >= 4 is 17.8 Å². The first-order valence-corrected chi connectivity index (χ1v) is 7.57. The van der Waals surface area contributed by atoms with Crippen molar-refractivity contribution in [2.75, 3.05) is 13.2 Å². The summed E-state index contributed by atoms with van der Waals surface area (Å²) in [7, 11) is 0. The number of halogens is 3. The number of rotatable bonds is 5. The van der Waals surface area contributed by atoms with Gasteiger partial charge in [-0.05, 0) is 25.5 Å². The fourth-order valence-electron chi connectivity index (χ4n) is 2.95. The molecule has 0 aliphatic carbocycles. The lowest BCUT2D eigenvalue weighted by Gasteiger charge is -2.19. The van der Waals surface area contributed by atoms with E-state index in [-0.39, 0.29) is 19.6 Å². The summed E-state index contributed by atoms with van der Waals surface area (Å²) in [4.78, 5) is 35.6. The van der Waals surface area contributed by atoms with Gasteiger partial charge in [0.2, 0.25) is 0 Å². The molecule has 1 aliphatic heterocycles. The van der Waals surface area contributed by atoms with E-state index in [1.807, 2.05) is 0 Å². The lowest BCUT2D eigenvalue weighted by Crippen LogP contribution is -2.40. The quantitative estimate of drug-likeness (QED) is 0.496. The van der Waals surface area contributed by atoms with E-state index in [2.05, 4.69) is 4.74 Å². The van der Waals surface area contributed by atoms with Crippen LogP contribution in [0.2, 0.25) is 0 Å². The molecule has 1 aliphatic rings. The van der Waals surface area contributed by atoms with Crippen LogP contribution in [0.3, 0.4) is 0 Å². The van der Waals surface area contributed by atoms with Crippen molar-refractivity contribution in [1.82, 2.24) is 4.90 Å². The van der Waals surface area contributed by atoms with Crippen LogP contribution in [-0.2, 0) is 14.3 Å². The second kappa shape index (κ2) is 7.54. The Kier molecular flexibility index (Phi) is 5.66. The number of nitrogens with zero attached hydrogens (tertiary/aromatic N) is 1. The molecule has 2 rings (SSSR count). The molecule has 25 heavy (non-hydrogen) atoms. The molecule has 0 bridgehead atoms. The summed E-state index contributed by atoms with van der Waals surface area (Å²) in [5.74, 6) is -6.28. The predicted molar refractivity (Wildman–Crippen MR) is 78.4 cm³/mol. The number of ether oxygens (including phenoxy) is 1. The number of hydrogen-bond acceptors (Lipinski definition) is 4. The van der Waals surface area contributed by atoms with Crippen molar-refractivity contribution in [3.63, 3.8) is 0 Å². The number of amides is 1. The minimum atomic E-state index is -1.47. The largest absolute Gasteiger partial charge is 0.466 e. The van der Waals surface area contributed by atoms with E-state index < -0.39 is 59.2 Å². The van der Waals surface area contributed by atoms with Gasteiger partial charge in [-0.1, -0.05) is 0 Å².